The number of carbonyl (C=O) groups is 2. The van der Waals surface area contributed by atoms with Crippen LogP contribution in [0.4, 0.5) is 5.69 Å². The van der Waals surface area contributed by atoms with E-state index in [0.29, 0.717) is 0 Å². The van der Waals surface area contributed by atoms with Gasteiger partial charge < -0.3 is 16.4 Å². The number of anilines is 1. The van der Waals surface area contributed by atoms with Crippen molar-refractivity contribution in [3.05, 3.63) is 23.0 Å². The Bertz CT molecular complexity index is 488. The number of amides is 2. The number of pyridine rings is 1. The Balaban J connectivity index is 1.90. The number of halogens is 1. The number of nitrogens with two attached hydrogens (primary N) is 1. The third-order valence-corrected chi connectivity index (χ3v) is 2.70. The van der Waals surface area contributed by atoms with Crippen LogP contribution in [-0.2, 0) is 4.79 Å². The molecule has 1 aromatic rings. The molecule has 1 aliphatic carbocycles. The molecule has 18 heavy (non-hydrogen) atoms. The van der Waals surface area contributed by atoms with Gasteiger partial charge in [-0.2, -0.15) is 0 Å². The Morgan fingerprint density at radius 2 is 2.22 bits per heavy atom. The largest absolute Gasteiger partial charge is 0.397 e. The van der Waals surface area contributed by atoms with Gasteiger partial charge in [0.25, 0.3) is 5.91 Å². The SMILES string of the molecule is Nc1cnc(Cl)cc1C(=O)NCC(=O)NC1CC1. The molecule has 0 saturated heterocycles. The van der Waals surface area contributed by atoms with E-state index in [1.54, 1.807) is 0 Å². The van der Waals surface area contributed by atoms with Gasteiger partial charge >= 0.3 is 0 Å². The molecular weight excluding hydrogens is 256 g/mol. The molecule has 1 fully saturated rings. The molecule has 0 radical (unpaired) electrons. The van der Waals surface area contributed by atoms with Crippen molar-refractivity contribution in [2.45, 2.75) is 18.9 Å². The lowest BCUT2D eigenvalue weighted by atomic mass is 10.2. The first kappa shape index (κ1) is 12.6. The molecule has 0 aromatic carbocycles. The van der Waals surface area contributed by atoms with E-state index < -0.39 is 5.91 Å². The minimum atomic E-state index is -0.442. The number of nitrogen functional groups attached to an aromatic ring is 1. The smallest absolute Gasteiger partial charge is 0.253 e. The number of hydrogen-bond acceptors (Lipinski definition) is 4. The summed E-state index contributed by atoms with van der Waals surface area (Å²) in [6.45, 7) is -0.0747. The molecule has 0 aliphatic heterocycles. The first-order chi connectivity index (χ1) is 8.56. The maximum Gasteiger partial charge on any atom is 0.253 e. The van der Waals surface area contributed by atoms with E-state index in [2.05, 4.69) is 15.6 Å². The normalized spacial score (nSPS) is 14.1. The third-order valence-electron chi connectivity index (χ3n) is 2.50. The summed E-state index contributed by atoms with van der Waals surface area (Å²) >= 11 is 5.67. The number of nitrogens with zero attached hydrogens (tertiary/aromatic N) is 1. The average Bonchev–Trinajstić information content (AvgIpc) is 3.13. The van der Waals surface area contributed by atoms with Crippen LogP contribution in [0.5, 0.6) is 0 Å². The van der Waals surface area contributed by atoms with E-state index in [1.807, 2.05) is 0 Å². The van der Waals surface area contributed by atoms with Crippen LogP contribution in [0.25, 0.3) is 0 Å². The average molecular weight is 269 g/mol. The Labute approximate surface area is 109 Å². The summed E-state index contributed by atoms with van der Waals surface area (Å²) < 4.78 is 0. The highest BCUT2D eigenvalue weighted by molar-refractivity contribution is 6.29. The monoisotopic (exact) mass is 268 g/mol. The van der Waals surface area contributed by atoms with Crippen LogP contribution in [0.15, 0.2) is 12.3 Å². The van der Waals surface area contributed by atoms with Crippen LogP contribution >= 0.6 is 11.6 Å². The van der Waals surface area contributed by atoms with Crippen molar-refractivity contribution in [2.75, 3.05) is 12.3 Å². The maximum atomic E-state index is 11.8. The second-order valence-corrected chi connectivity index (χ2v) is 4.51. The fourth-order valence-electron chi connectivity index (χ4n) is 1.40. The summed E-state index contributed by atoms with van der Waals surface area (Å²) in [5, 5.41) is 5.42. The van der Waals surface area contributed by atoms with E-state index in [-0.39, 0.29) is 34.9 Å². The number of nitrogens with one attached hydrogen (secondary N) is 2. The minimum Gasteiger partial charge on any atom is -0.397 e. The van der Waals surface area contributed by atoms with Crippen LogP contribution in [-0.4, -0.2) is 29.4 Å². The van der Waals surface area contributed by atoms with Gasteiger partial charge in [0.1, 0.15) is 5.15 Å². The van der Waals surface area contributed by atoms with Gasteiger partial charge in [-0.25, -0.2) is 4.98 Å². The van der Waals surface area contributed by atoms with E-state index >= 15 is 0 Å². The van der Waals surface area contributed by atoms with Gasteiger partial charge in [-0.3, -0.25) is 9.59 Å². The summed E-state index contributed by atoms with van der Waals surface area (Å²) in [7, 11) is 0. The summed E-state index contributed by atoms with van der Waals surface area (Å²) in [6.07, 6.45) is 3.32. The van der Waals surface area contributed by atoms with Gasteiger partial charge in [-0.05, 0) is 18.9 Å². The summed E-state index contributed by atoms with van der Waals surface area (Å²) in [4.78, 5) is 26.9. The first-order valence-corrected chi connectivity index (χ1v) is 5.92. The van der Waals surface area contributed by atoms with Crippen molar-refractivity contribution in [2.24, 2.45) is 0 Å². The molecule has 6 nitrogen and oxygen atoms in total. The van der Waals surface area contributed by atoms with E-state index in [9.17, 15) is 9.59 Å². The lowest BCUT2D eigenvalue weighted by Crippen LogP contribution is -2.38. The molecule has 2 rings (SSSR count). The van der Waals surface area contributed by atoms with E-state index in [4.69, 9.17) is 17.3 Å². The van der Waals surface area contributed by atoms with Gasteiger partial charge in [0.2, 0.25) is 5.91 Å². The predicted octanol–water partition coefficient (Wildman–Crippen LogP) is 0.326. The first-order valence-electron chi connectivity index (χ1n) is 5.55. The lowest BCUT2D eigenvalue weighted by molar-refractivity contribution is -0.120. The third kappa shape index (κ3) is 3.33. The van der Waals surface area contributed by atoms with Crippen LogP contribution in [0, 0.1) is 0 Å². The van der Waals surface area contributed by atoms with Crippen LogP contribution in [0.3, 0.4) is 0 Å². The number of carbonyl (C=O) groups excluding carboxylic acids is 2. The van der Waals surface area contributed by atoms with Gasteiger partial charge in [0.05, 0.1) is 24.0 Å². The molecular formula is C11H13ClN4O2. The molecule has 96 valence electrons. The molecule has 7 heteroatoms. The molecule has 0 unspecified atom stereocenters. The Hall–Kier alpha value is -1.82. The molecule has 0 bridgehead atoms. The molecule has 1 saturated carbocycles. The molecule has 0 atom stereocenters. The van der Waals surface area contributed by atoms with Gasteiger partial charge in [0, 0.05) is 6.04 Å². The van der Waals surface area contributed by atoms with Crippen molar-refractivity contribution in [1.82, 2.24) is 15.6 Å². The topological polar surface area (TPSA) is 97.1 Å². The maximum absolute atomic E-state index is 11.8. The molecule has 0 spiro atoms. The Morgan fingerprint density at radius 3 is 2.89 bits per heavy atom. The molecule has 1 aliphatic rings. The Kier molecular flexibility index (Phi) is 3.66. The van der Waals surface area contributed by atoms with Crippen LogP contribution in [0.2, 0.25) is 5.15 Å². The highest BCUT2D eigenvalue weighted by atomic mass is 35.5. The highest BCUT2D eigenvalue weighted by Gasteiger charge is 2.23. The highest BCUT2D eigenvalue weighted by Crippen LogP contribution is 2.18. The van der Waals surface area contributed by atoms with Crippen molar-refractivity contribution in [3.63, 3.8) is 0 Å². The fourth-order valence-corrected chi connectivity index (χ4v) is 1.56. The van der Waals surface area contributed by atoms with Crippen LogP contribution < -0.4 is 16.4 Å². The number of aromatic nitrogens is 1. The summed E-state index contributed by atoms with van der Waals surface area (Å²) in [5.74, 6) is -0.646. The van der Waals surface area contributed by atoms with Gasteiger partial charge in [-0.1, -0.05) is 11.6 Å². The second kappa shape index (κ2) is 5.22. The van der Waals surface area contributed by atoms with Crippen molar-refractivity contribution in [3.8, 4) is 0 Å². The number of hydrogen-bond donors (Lipinski definition) is 3. The quantitative estimate of drug-likeness (QED) is 0.686. The van der Waals surface area contributed by atoms with E-state index in [0.717, 1.165) is 12.8 Å². The van der Waals surface area contributed by atoms with Crippen molar-refractivity contribution in [1.29, 1.82) is 0 Å². The number of rotatable bonds is 4. The second-order valence-electron chi connectivity index (χ2n) is 4.12. The van der Waals surface area contributed by atoms with E-state index in [1.165, 1.54) is 12.3 Å². The molecule has 1 heterocycles. The zero-order valence-electron chi connectivity index (χ0n) is 9.57. The minimum absolute atomic E-state index is 0.0747. The van der Waals surface area contributed by atoms with Crippen molar-refractivity contribution >= 4 is 29.1 Å². The molecule has 2 amide bonds. The standard InChI is InChI=1S/C11H13ClN4O2/c12-9-3-7(8(13)4-14-9)11(18)15-5-10(17)16-6-1-2-6/h3-4,6H,1-2,5,13H2,(H,15,18)(H,16,17). The Morgan fingerprint density at radius 1 is 1.50 bits per heavy atom. The molecule has 1 aromatic heterocycles. The summed E-state index contributed by atoms with van der Waals surface area (Å²) in [5.41, 5.74) is 6.04. The van der Waals surface area contributed by atoms with Gasteiger partial charge in [-0.15, -0.1) is 0 Å². The zero-order valence-corrected chi connectivity index (χ0v) is 10.3. The van der Waals surface area contributed by atoms with Crippen molar-refractivity contribution < 1.29 is 9.59 Å². The fraction of sp³-hybridized carbons (Fsp3) is 0.364. The zero-order chi connectivity index (χ0) is 13.1. The van der Waals surface area contributed by atoms with Gasteiger partial charge in [0.15, 0.2) is 0 Å². The lowest BCUT2D eigenvalue weighted by Gasteiger charge is -2.07. The predicted molar refractivity (Wildman–Crippen MR) is 67.2 cm³/mol. The van der Waals surface area contributed by atoms with Crippen LogP contribution in [0.1, 0.15) is 23.2 Å². The summed E-state index contributed by atoms with van der Waals surface area (Å²) in [6, 6.07) is 1.64. The molecule has 4 N–H and O–H groups in total.